The lowest BCUT2D eigenvalue weighted by Gasteiger charge is -2.09. The molecule has 0 aliphatic carbocycles. The maximum atomic E-state index is 10.6. The minimum absolute atomic E-state index is 0.441. The van der Waals surface area contributed by atoms with Gasteiger partial charge in [0.25, 0.3) is 0 Å². The molecule has 14 nitrogen and oxygen atoms in total. The molecule has 0 amide bonds. The van der Waals surface area contributed by atoms with Crippen molar-refractivity contribution >= 4 is 45.4 Å². The van der Waals surface area contributed by atoms with Crippen molar-refractivity contribution in [2.45, 2.75) is 12.4 Å². The van der Waals surface area contributed by atoms with Crippen LogP contribution < -0.4 is 20.9 Å². The summed E-state index contributed by atoms with van der Waals surface area (Å²) in [6.07, 6.45) is -10.2. The first-order valence-corrected chi connectivity index (χ1v) is 15.1. The summed E-state index contributed by atoms with van der Waals surface area (Å²) in [5.41, 5.74) is 13.1. The van der Waals surface area contributed by atoms with E-state index in [1.807, 2.05) is 48.5 Å². The molecule has 6 N–H and O–H groups in total. The van der Waals surface area contributed by atoms with Crippen LogP contribution in [0.1, 0.15) is 0 Å². The molecule has 0 unspecified atom stereocenters. The number of hydrogen-bond acceptors (Lipinski definition) is 12. The highest BCUT2D eigenvalue weighted by molar-refractivity contribution is 5.82. The molecule has 2 heterocycles. The Bertz CT molecular complexity index is 1570. The second-order valence-electron chi connectivity index (χ2n) is 9.93. The second-order valence-corrected chi connectivity index (χ2v) is 9.93. The number of alkyl halides is 6. The molecule has 0 bridgehead atoms. The van der Waals surface area contributed by atoms with E-state index in [2.05, 4.69) is 9.97 Å². The van der Waals surface area contributed by atoms with Crippen LogP contribution >= 0.6 is 0 Å². The number of nitrogen functional groups attached to an aromatic ring is 2. The minimum atomic E-state index is -5.08. The third-order valence-electron chi connectivity index (χ3n) is 5.96. The van der Waals surface area contributed by atoms with Gasteiger partial charge < -0.3 is 50.1 Å². The van der Waals surface area contributed by atoms with E-state index in [0.717, 1.165) is 33.3 Å². The number of ether oxygens (including phenoxy) is 6. The van der Waals surface area contributed by atoms with Gasteiger partial charge in [-0.15, -0.1) is 0 Å². The van der Waals surface area contributed by atoms with Gasteiger partial charge in [-0.3, -0.25) is 0 Å². The number of anilines is 2. The van der Waals surface area contributed by atoms with Gasteiger partial charge in [0.15, 0.2) is 0 Å². The van der Waals surface area contributed by atoms with Crippen molar-refractivity contribution in [3.63, 3.8) is 0 Å². The van der Waals surface area contributed by atoms with Gasteiger partial charge in [-0.2, -0.15) is 26.3 Å². The first-order chi connectivity index (χ1) is 24.6. The molecule has 0 saturated heterocycles. The zero-order valence-electron chi connectivity index (χ0n) is 27.3. The zero-order chi connectivity index (χ0) is 38.6. The van der Waals surface area contributed by atoms with Gasteiger partial charge in [-0.05, 0) is 48.5 Å². The van der Waals surface area contributed by atoms with E-state index in [4.69, 9.17) is 59.7 Å². The predicted molar refractivity (Wildman–Crippen MR) is 174 cm³/mol. The van der Waals surface area contributed by atoms with Crippen LogP contribution in [0.25, 0.3) is 21.8 Å². The molecule has 52 heavy (non-hydrogen) atoms. The molecule has 4 aromatic rings. The summed E-state index contributed by atoms with van der Waals surface area (Å²) in [4.78, 5) is 26.4. The SMILES string of the molecule is Nc1ccc2ccc(OCCOCCOCCOCCOCCOc3ccc4ccc(N)nc4c3)cc2n1.O=C(O)C(F)(F)F.O=C(O)C(F)(F)F. The maximum Gasteiger partial charge on any atom is 0.490 e. The molecule has 286 valence electrons. The fraction of sp³-hybridized carbons (Fsp3) is 0.375. The number of pyridine rings is 2. The quantitative estimate of drug-likeness (QED) is 0.0850. The summed E-state index contributed by atoms with van der Waals surface area (Å²) < 4.78 is 97.0. The second kappa shape index (κ2) is 21.9. The van der Waals surface area contributed by atoms with Gasteiger partial charge in [0.05, 0.1) is 63.9 Å². The monoisotopic (exact) mass is 750 g/mol. The number of benzene rings is 2. The Balaban J connectivity index is 0.000000564. The Morgan fingerprint density at radius 2 is 0.788 bits per heavy atom. The molecule has 4 rings (SSSR count). The Hall–Kier alpha value is -5.18. The van der Waals surface area contributed by atoms with Crippen molar-refractivity contribution in [1.29, 1.82) is 0 Å². The lowest BCUT2D eigenvalue weighted by molar-refractivity contribution is -0.193. The van der Waals surface area contributed by atoms with E-state index in [1.165, 1.54) is 0 Å². The molecule has 0 fully saturated rings. The van der Waals surface area contributed by atoms with Crippen LogP contribution in [0.2, 0.25) is 0 Å². The first kappa shape index (κ1) is 43.0. The lowest BCUT2D eigenvalue weighted by Crippen LogP contribution is -2.21. The van der Waals surface area contributed by atoms with E-state index in [-0.39, 0.29) is 0 Å². The standard InChI is InChI=1S/C28H34N4O6.2C2HF3O2/c29-27-7-3-21-1-5-23(19-25(21)31-27)37-17-15-35-13-11-33-9-10-34-12-14-36-16-18-38-24-6-2-22-4-8-28(30)32-26(22)20-24;2*3-2(4,5)1(6)7/h1-8,19-20H,9-18H2,(H2,29,31)(H2,30,32);2*(H,6,7). The molecule has 0 aliphatic rings. The summed E-state index contributed by atoms with van der Waals surface area (Å²) in [6, 6.07) is 18.9. The van der Waals surface area contributed by atoms with Gasteiger partial charge >= 0.3 is 24.3 Å². The van der Waals surface area contributed by atoms with Gasteiger partial charge in [0.1, 0.15) is 36.3 Å². The number of halogens is 6. The smallest absolute Gasteiger partial charge is 0.490 e. The Labute approximate surface area is 292 Å². The van der Waals surface area contributed by atoms with Crippen LogP contribution in [0.15, 0.2) is 60.7 Å². The third-order valence-corrected chi connectivity index (χ3v) is 5.96. The number of carbonyl (C=O) groups is 2. The molecule has 0 radical (unpaired) electrons. The minimum Gasteiger partial charge on any atom is -0.491 e. The number of nitrogens with two attached hydrogens (primary N) is 2. The number of hydrogen-bond donors (Lipinski definition) is 4. The number of carboxylic acids is 2. The van der Waals surface area contributed by atoms with E-state index in [1.54, 1.807) is 12.1 Å². The molecular weight excluding hydrogens is 714 g/mol. The average Bonchev–Trinajstić information content (AvgIpc) is 3.07. The highest BCUT2D eigenvalue weighted by Gasteiger charge is 2.38. The first-order valence-electron chi connectivity index (χ1n) is 15.1. The summed E-state index contributed by atoms with van der Waals surface area (Å²) in [6.45, 7) is 4.78. The number of fused-ring (bicyclic) bond motifs is 2. The highest BCUT2D eigenvalue weighted by atomic mass is 19.4. The topological polar surface area (TPSA) is 208 Å². The van der Waals surface area contributed by atoms with E-state index < -0.39 is 24.3 Å². The molecule has 20 heteroatoms. The van der Waals surface area contributed by atoms with Gasteiger partial charge in [-0.1, -0.05) is 0 Å². The van der Waals surface area contributed by atoms with E-state index >= 15 is 0 Å². The van der Waals surface area contributed by atoms with Crippen LogP contribution in [0.4, 0.5) is 38.0 Å². The van der Waals surface area contributed by atoms with Crippen molar-refractivity contribution in [1.82, 2.24) is 9.97 Å². The predicted octanol–water partition coefficient (Wildman–Crippen LogP) is 4.74. The molecule has 0 spiro atoms. The lowest BCUT2D eigenvalue weighted by atomic mass is 10.2. The van der Waals surface area contributed by atoms with Crippen molar-refractivity contribution in [3.8, 4) is 11.5 Å². The maximum absolute atomic E-state index is 10.6. The number of carboxylic acid groups (broad SMARTS) is 2. The van der Waals surface area contributed by atoms with Gasteiger partial charge in [0.2, 0.25) is 0 Å². The Morgan fingerprint density at radius 1 is 0.519 bits per heavy atom. The zero-order valence-corrected chi connectivity index (χ0v) is 27.3. The van der Waals surface area contributed by atoms with Crippen molar-refractivity contribution in [2.75, 3.05) is 77.5 Å². The van der Waals surface area contributed by atoms with E-state index in [0.29, 0.717) is 77.7 Å². The van der Waals surface area contributed by atoms with Crippen LogP contribution in [0.3, 0.4) is 0 Å². The average molecular weight is 751 g/mol. The molecule has 0 aliphatic heterocycles. The normalized spacial score (nSPS) is 11.3. The largest absolute Gasteiger partial charge is 0.491 e. The van der Waals surface area contributed by atoms with Crippen molar-refractivity contribution in [2.24, 2.45) is 0 Å². The fourth-order valence-electron chi connectivity index (χ4n) is 3.60. The molecule has 0 atom stereocenters. The Morgan fingerprint density at radius 3 is 1.08 bits per heavy atom. The molecule has 2 aromatic carbocycles. The third kappa shape index (κ3) is 17.7. The van der Waals surface area contributed by atoms with Crippen LogP contribution in [0, 0.1) is 0 Å². The molecular formula is C32H36F6N4O10. The van der Waals surface area contributed by atoms with Crippen molar-refractivity contribution < 1.29 is 74.6 Å². The van der Waals surface area contributed by atoms with Crippen LogP contribution in [0.5, 0.6) is 11.5 Å². The number of nitrogens with zero attached hydrogens (tertiary/aromatic N) is 2. The molecule has 2 aromatic heterocycles. The van der Waals surface area contributed by atoms with Gasteiger partial charge in [-0.25, -0.2) is 19.6 Å². The number of aromatic nitrogens is 2. The number of aliphatic carboxylic acids is 2. The Kier molecular flexibility index (Phi) is 18.1. The summed E-state index contributed by atoms with van der Waals surface area (Å²) in [5.74, 6) is -3.07. The van der Waals surface area contributed by atoms with Crippen LogP contribution in [-0.4, -0.2) is 111 Å². The van der Waals surface area contributed by atoms with E-state index in [9.17, 15) is 26.3 Å². The highest BCUT2D eigenvalue weighted by Crippen LogP contribution is 2.21. The fourth-order valence-corrected chi connectivity index (χ4v) is 3.60. The summed E-state index contributed by atoms with van der Waals surface area (Å²) >= 11 is 0. The summed E-state index contributed by atoms with van der Waals surface area (Å²) in [7, 11) is 0. The number of rotatable bonds is 17. The molecule has 0 saturated carbocycles. The van der Waals surface area contributed by atoms with Crippen molar-refractivity contribution in [3.05, 3.63) is 60.7 Å². The summed E-state index contributed by atoms with van der Waals surface area (Å²) in [5, 5.41) is 16.3. The van der Waals surface area contributed by atoms with Gasteiger partial charge in [0, 0.05) is 22.9 Å². The van der Waals surface area contributed by atoms with Crippen LogP contribution in [-0.2, 0) is 28.5 Å².